The first-order valence-electron chi connectivity index (χ1n) is 8.23. The molecule has 2 aliphatic rings. The van der Waals surface area contributed by atoms with Crippen molar-refractivity contribution < 1.29 is 13.2 Å². The summed E-state index contributed by atoms with van der Waals surface area (Å²) in [6.07, 6.45) is 7.59. The molecule has 3 rings (SSSR count). The molecule has 8 nitrogen and oxygen atoms in total. The summed E-state index contributed by atoms with van der Waals surface area (Å²) in [5.41, 5.74) is 0.175. The van der Waals surface area contributed by atoms with Gasteiger partial charge in [0.1, 0.15) is 12.2 Å². The fraction of sp³-hybridized carbons (Fsp3) is 0.667. The molecule has 0 atom stereocenters. The van der Waals surface area contributed by atoms with Gasteiger partial charge in [-0.3, -0.25) is 0 Å². The van der Waals surface area contributed by atoms with Crippen LogP contribution in [0.3, 0.4) is 0 Å². The van der Waals surface area contributed by atoms with Crippen LogP contribution < -0.4 is 9.46 Å². The molecule has 1 aromatic rings. The van der Waals surface area contributed by atoms with Gasteiger partial charge in [-0.2, -0.15) is 22.7 Å². The van der Waals surface area contributed by atoms with E-state index in [-0.39, 0.29) is 23.7 Å². The summed E-state index contributed by atoms with van der Waals surface area (Å²) in [6.45, 7) is 1.22. The van der Waals surface area contributed by atoms with Crippen molar-refractivity contribution >= 4 is 10.2 Å². The highest BCUT2D eigenvalue weighted by Gasteiger charge is 2.30. The summed E-state index contributed by atoms with van der Waals surface area (Å²) in [7, 11) is -3.37. The van der Waals surface area contributed by atoms with Gasteiger partial charge < -0.3 is 4.74 Å². The molecule has 0 unspecified atom stereocenters. The zero-order valence-electron chi connectivity index (χ0n) is 13.4. The largest absolute Gasteiger partial charge is 0.472 e. The minimum Gasteiger partial charge on any atom is -0.472 e. The Morgan fingerprint density at radius 1 is 1.17 bits per heavy atom. The average molecular weight is 351 g/mol. The summed E-state index contributed by atoms with van der Waals surface area (Å²) in [6, 6.07) is 1.90. The summed E-state index contributed by atoms with van der Waals surface area (Å²) in [4.78, 5) is 7.97. The number of rotatable bonds is 5. The Morgan fingerprint density at radius 2 is 1.83 bits per heavy atom. The first-order valence-corrected chi connectivity index (χ1v) is 9.67. The number of nitrogens with zero attached hydrogens (tertiary/aromatic N) is 4. The van der Waals surface area contributed by atoms with Crippen molar-refractivity contribution in [3.05, 3.63) is 18.1 Å². The second-order valence-corrected chi connectivity index (χ2v) is 7.84. The number of ether oxygens (including phenoxy) is 1. The number of hydrogen-bond donors (Lipinski definition) is 1. The molecule has 1 aliphatic carbocycles. The normalized spacial score (nSPS) is 25.3. The topological polar surface area (TPSA) is 108 Å². The minimum atomic E-state index is -3.37. The molecule has 1 aromatic heterocycles. The lowest BCUT2D eigenvalue weighted by Gasteiger charge is -2.30. The van der Waals surface area contributed by atoms with E-state index in [0.29, 0.717) is 38.8 Å². The van der Waals surface area contributed by atoms with Crippen LogP contribution in [-0.4, -0.2) is 47.9 Å². The fourth-order valence-electron chi connectivity index (χ4n) is 3.16. The molecule has 0 spiro atoms. The van der Waals surface area contributed by atoms with Crippen molar-refractivity contribution in [2.45, 2.75) is 50.7 Å². The maximum Gasteiger partial charge on any atom is 0.279 e. The van der Waals surface area contributed by atoms with Crippen molar-refractivity contribution in [1.82, 2.24) is 19.0 Å². The SMILES string of the molecule is N#Cc1nccnc1OC1CCC(NS(=O)(=O)N2CCCC2)CC1. The number of nitrogens with one attached hydrogen (secondary N) is 1. The number of hydrogen-bond acceptors (Lipinski definition) is 6. The van der Waals surface area contributed by atoms with Gasteiger partial charge in [0.2, 0.25) is 5.69 Å². The highest BCUT2D eigenvalue weighted by molar-refractivity contribution is 7.87. The van der Waals surface area contributed by atoms with Crippen molar-refractivity contribution in [2.75, 3.05) is 13.1 Å². The molecule has 0 bridgehead atoms. The highest BCUT2D eigenvalue weighted by Crippen LogP contribution is 2.25. The second-order valence-electron chi connectivity index (χ2n) is 6.14. The summed E-state index contributed by atoms with van der Waals surface area (Å²) in [5, 5.41) is 9.01. The van der Waals surface area contributed by atoms with Crippen LogP contribution in [0.2, 0.25) is 0 Å². The van der Waals surface area contributed by atoms with Gasteiger partial charge in [0.25, 0.3) is 16.1 Å². The first-order chi connectivity index (χ1) is 11.6. The van der Waals surface area contributed by atoms with E-state index in [0.717, 1.165) is 12.8 Å². The monoisotopic (exact) mass is 351 g/mol. The maximum atomic E-state index is 12.3. The Bertz CT molecular complexity index is 704. The molecule has 130 valence electrons. The Morgan fingerprint density at radius 3 is 2.50 bits per heavy atom. The van der Waals surface area contributed by atoms with Crippen LogP contribution in [0, 0.1) is 11.3 Å². The lowest BCUT2D eigenvalue weighted by molar-refractivity contribution is 0.137. The smallest absolute Gasteiger partial charge is 0.279 e. The van der Waals surface area contributed by atoms with E-state index in [1.165, 1.54) is 16.7 Å². The number of aromatic nitrogens is 2. The zero-order valence-corrected chi connectivity index (χ0v) is 14.2. The van der Waals surface area contributed by atoms with Crippen LogP contribution in [0.5, 0.6) is 5.88 Å². The van der Waals surface area contributed by atoms with Crippen LogP contribution in [-0.2, 0) is 10.2 Å². The van der Waals surface area contributed by atoms with Crippen LogP contribution in [0.4, 0.5) is 0 Å². The summed E-state index contributed by atoms with van der Waals surface area (Å²) < 4.78 is 34.7. The highest BCUT2D eigenvalue weighted by atomic mass is 32.2. The van der Waals surface area contributed by atoms with Gasteiger partial charge >= 0.3 is 0 Å². The van der Waals surface area contributed by atoms with Gasteiger partial charge in [-0.25, -0.2) is 9.97 Å². The minimum absolute atomic E-state index is 0.0623. The third-order valence-electron chi connectivity index (χ3n) is 4.44. The van der Waals surface area contributed by atoms with E-state index < -0.39 is 10.2 Å². The molecule has 2 heterocycles. The van der Waals surface area contributed by atoms with E-state index in [2.05, 4.69) is 14.7 Å². The Kier molecular flexibility index (Phi) is 5.28. The first kappa shape index (κ1) is 17.1. The Hall–Kier alpha value is -1.76. The average Bonchev–Trinajstić information content (AvgIpc) is 3.12. The lowest BCUT2D eigenvalue weighted by Crippen LogP contribution is -2.46. The van der Waals surface area contributed by atoms with E-state index in [1.54, 1.807) is 0 Å². The van der Waals surface area contributed by atoms with Gasteiger partial charge in [0.15, 0.2) is 0 Å². The third-order valence-corrected chi connectivity index (χ3v) is 6.12. The van der Waals surface area contributed by atoms with Gasteiger partial charge in [-0.1, -0.05) is 0 Å². The van der Waals surface area contributed by atoms with Gasteiger partial charge in [-0.05, 0) is 38.5 Å². The van der Waals surface area contributed by atoms with Crippen LogP contribution in [0.1, 0.15) is 44.2 Å². The maximum absolute atomic E-state index is 12.3. The van der Waals surface area contributed by atoms with Crippen molar-refractivity contribution in [2.24, 2.45) is 0 Å². The van der Waals surface area contributed by atoms with Crippen LogP contribution >= 0.6 is 0 Å². The molecule has 0 amide bonds. The Labute approximate surface area is 142 Å². The van der Waals surface area contributed by atoms with Crippen molar-refractivity contribution in [1.29, 1.82) is 5.26 Å². The molecule has 0 radical (unpaired) electrons. The van der Waals surface area contributed by atoms with Gasteiger partial charge in [0.05, 0.1) is 0 Å². The van der Waals surface area contributed by atoms with Crippen LogP contribution in [0.15, 0.2) is 12.4 Å². The molecular formula is C15H21N5O3S. The molecule has 1 saturated heterocycles. The molecular weight excluding hydrogens is 330 g/mol. The van der Waals surface area contributed by atoms with E-state index in [1.807, 2.05) is 6.07 Å². The third kappa shape index (κ3) is 4.01. The lowest BCUT2D eigenvalue weighted by atomic mass is 9.94. The van der Waals surface area contributed by atoms with Gasteiger partial charge in [0, 0.05) is 31.5 Å². The van der Waals surface area contributed by atoms with Crippen molar-refractivity contribution in [3.8, 4) is 11.9 Å². The van der Waals surface area contributed by atoms with Crippen LogP contribution in [0.25, 0.3) is 0 Å². The molecule has 9 heteroatoms. The Balaban J connectivity index is 1.52. The predicted molar refractivity (Wildman–Crippen MR) is 86.3 cm³/mol. The molecule has 1 saturated carbocycles. The molecule has 1 N–H and O–H groups in total. The number of nitriles is 1. The molecule has 2 fully saturated rings. The van der Waals surface area contributed by atoms with E-state index in [9.17, 15) is 8.42 Å². The second kappa shape index (κ2) is 7.42. The predicted octanol–water partition coefficient (Wildman–Crippen LogP) is 0.968. The zero-order chi connectivity index (χ0) is 17.0. The van der Waals surface area contributed by atoms with Gasteiger partial charge in [-0.15, -0.1) is 0 Å². The molecule has 0 aromatic carbocycles. The van der Waals surface area contributed by atoms with E-state index >= 15 is 0 Å². The molecule has 24 heavy (non-hydrogen) atoms. The summed E-state index contributed by atoms with van der Waals surface area (Å²) in [5.74, 6) is 0.251. The quantitative estimate of drug-likeness (QED) is 0.847. The van der Waals surface area contributed by atoms with Crippen molar-refractivity contribution in [3.63, 3.8) is 0 Å². The summed E-state index contributed by atoms with van der Waals surface area (Å²) >= 11 is 0. The standard InChI is InChI=1S/C15H21N5O3S/c16-11-14-15(18-8-7-17-14)23-13-5-3-12(4-6-13)19-24(21,22)20-9-1-2-10-20/h7-8,12-13,19H,1-6,9-10H2. The molecule has 1 aliphatic heterocycles. The fourth-order valence-corrected chi connectivity index (χ4v) is 4.70. The van der Waals surface area contributed by atoms with E-state index in [4.69, 9.17) is 10.00 Å².